The highest BCUT2D eigenvalue weighted by atomic mass is 16.3. The molecule has 0 atom stereocenters. The third kappa shape index (κ3) is 1.08. The summed E-state index contributed by atoms with van der Waals surface area (Å²) in [5.74, 6) is 0.817. The summed E-state index contributed by atoms with van der Waals surface area (Å²) in [7, 11) is 0. The molecule has 1 aromatic rings. The van der Waals surface area contributed by atoms with Crippen LogP contribution in [0.25, 0.3) is 0 Å². The third-order valence-electron chi connectivity index (χ3n) is 1.15. The van der Waals surface area contributed by atoms with Gasteiger partial charge in [-0.1, -0.05) is 6.92 Å². The lowest BCUT2D eigenvalue weighted by molar-refractivity contribution is 0.191. The second kappa shape index (κ2) is 2.59. The van der Waals surface area contributed by atoms with Crippen molar-refractivity contribution < 1.29 is 5.11 Å². The van der Waals surface area contributed by atoms with E-state index < -0.39 is 0 Å². The van der Waals surface area contributed by atoms with Gasteiger partial charge < -0.3 is 5.11 Å². The van der Waals surface area contributed by atoms with Gasteiger partial charge in [-0.05, 0) is 0 Å². The molecule has 0 saturated carbocycles. The normalized spacial score (nSPS) is 10.0. The first-order chi connectivity index (χ1) is 4.38. The zero-order valence-electron chi connectivity index (χ0n) is 5.28. The number of nitrogens with zero attached hydrogens (tertiary/aromatic N) is 3. The number of aryl methyl sites for hydroxylation is 1. The lowest BCUT2D eigenvalue weighted by Crippen LogP contribution is -2.03. The molecule has 0 aromatic carbocycles. The Balaban J connectivity index is 2.85. The maximum Gasteiger partial charge on any atom is 0.138 e. The Hall–Kier alpha value is -0.900. The number of hydrogen-bond acceptors (Lipinski definition) is 3. The Bertz CT molecular complexity index is 166. The van der Waals surface area contributed by atoms with Crippen LogP contribution in [-0.4, -0.2) is 19.9 Å². The molecule has 0 fully saturated rings. The molecule has 0 saturated heterocycles. The molecule has 1 rings (SSSR count). The Morgan fingerprint density at radius 2 is 2.56 bits per heavy atom. The second-order valence-electron chi connectivity index (χ2n) is 1.67. The topological polar surface area (TPSA) is 50.9 Å². The minimum atomic E-state index is -0.0802. The smallest absolute Gasteiger partial charge is 0.138 e. The summed E-state index contributed by atoms with van der Waals surface area (Å²) < 4.78 is 1.46. The number of aromatic nitrogens is 3. The Morgan fingerprint density at radius 3 is 3.00 bits per heavy atom. The van der Waals surface area contributed by atoms with E-state index >= 15 is 0 Å². The molecule has 9 heavy (non-hydrogen) atoms. The predicted octanol–water partition coefficient (Wildman–Crippen LogP) is -0.210. The molecule has 50 valence electrons. The summed E-state index contributed by atoms with van der Waals surface area (Å²) in [5.41, 5.74) is 0. The first-order valence-corrected chi connectivity index (χ1v) is 2.86. The quantitative estimate of drug-likeness (QED) is 0.598. The molecule has 1 aromatic heterocycles. The van der Waals surface area contributed by atoms with Crippen LogP contribution < -0.4 is 0 Å². The average molecular weight is 127 g/mol. The highest BCUT2D eigenvalue weighted by Crippen LogP contribution is 1.91. The van der Waals surface area contributed by atoms with Crippen molar-refractivity contribution in [1.29, 1.82) is 0 Å². The van der Waals surface area contributed by atoms with Crippen molar-refractivity contribution in [2.75, 3.05) is 0 Å². The maximum absolute atomic E-state index is 8.60. The number of aliphatic hydroxyl groups excluding tert-OH is 1. The molecular weight excluding hydrogens is 118 g/mol. The summed E-state index contributed by atoms with van der Waals surface area (Å²) in [4.78, 5) is 3.90. The van der Waals surface area contributed by atoms with Gasteiger partial charge in [0.25, 0.3) is 0 Å². The zero-order valence-corrected chi connectivity index (χ0v) is 5.28. The summed E-state index contributed by atoms with van der Waals surface area (Å²) >= 11 is 0. The van der Waals surface area contributed by atoms with E-state index in [0.717, 1.165) is 12.2 Å². The van der Waals surface area contributed by atoms with Gasteiger partial charge in [0.15, 0.2) is 0 Å². The molecule has 0 spiro atoms. The minimum Gasteiger partial charge on any atom is -0.374 e. The van der Waals surface area contributed by atoms with E-state index in [9.17, 15) is 0 Å². The Morgan fingerprint density at radius 1 is 1.78 bits per heavy atom. The van der Waals surface area contributed by atoms with Crippen LogP contribution in [-0.2, 0) is 13.2 Å². The Labute approximate surface area is 53.1 Å². The van der Waals surface area contributed by atoms with Gasteiger partial charge in [0.05, 0.1) is 0 Å². The monoisotopic (exact) mass is 127 g/mol. The summed E-state index contributed by atoms with van der Waals surface area (Å²) in [6, 6.07) is 0. The molecule has 0 bridgehead atoms. The molecular formula is C5H9N3O. The molecule has 0 unspecified atom stereocenters. The Kier molecular flexibility index (Phi) is 1.79. The van der Waals surface area contributed by atoms with Crippen LogP contribution in [0.5, 0.6) is 0 Å². The van der Waals surface area contributed by atoms with Crippen LogP contribution in [0.15, 0.2) is 6.33 Å². The molecule has 0 radical (unpaired) electrons. The zero-order chi connectivity index (χ0) is 6.69. The standard InChI is InChI=1S/C5H9N3O/c1-2-5-6-3-7-8(5)4-9/h3,9H,2,4H2,1H3. The molecule has 1 N–H and O–H groups in total. The van der Waals surface area contributed by atoms with E-state index in [4.69, 9.17) is 5.11 Å². The van der Waals surface area contributed by atoms with E-state index in [1.165, 1.54) is 11.0 Å². The second-order valence-corrected chi connectivity index (χ2v) is 1.67. The van der Waals surface area contributed by atoms with Crippen LogP contribution in [0.4, 0.5) is 0 Å². The highest BCUT2D eigenvalue weighted by molar-refractivity contribution is 4.81. The van der Waals surface area contributed by atoms with Gasteiger partial charge >= 0.3 is 0 Å². The first kappa shape index (κ1) is 6.22. The van der Waals surface area contributed by atoms with Crippen LogP contribution >= 0.6 is 0 Å². The van der Waals surface area contributed by atoms with E-state index in [-0.39, 0.29) is 6.73 Å². The van der Waals surface area contributed by atoms with Crippen LogP contribution in [0.2, 0.25) is 0 Å². The van der Waals surface area contributed by atoms with E-state index in [1.807, 2.05) is 6.92 Å². The van der Waals surface area contributed by atoms with Crippen molar-refractivity contribution in [2.45, 2.75) is 20.1 Å². The van der Waals surface area contributed by atoms with Gasteiger partial charge in [-0.3, -0.25) is 0 Å². The van der Waals surface area contributed by atoms with Gasteiger partial charge in [-0.2, -0.15) is 5.10 Å². The van der Waals surface area contributed by atoms with Crippen molar-refractivity contribution in [3.63, 3.8) is 0 Å². The average Bonchev–Trinajstić information content (AvgIpc) is 2.33. The van der Waals surface area contributed by atoms with Gasteiger partial charge in [0.1, 0.15) is 18.9 Å². The van der Waals surface area contributed by atoms with Gasteiger partial charge in [-0.25, -0.2) is 9.67 Å². The van der Waals surface area contributed by atoms with Crippen LogP contribution in [0.3, 0.4) is 0 Å². The SMILES string of the molecule is CCc1ncnn1CO. The third-order valence-corrected chi connectivity index (χ3v) is 1.15. The summed E-state index contributed by atoms with van der Waals surface area (Å²) in [6.45, 7) is 1.89. The van der Waals surface area contributed by atoms with E-state index in [2.05, 4.69) is 10.1 Å². The maximum atomic E-state index is 8.60. The van der Waals surface area contributed by atoms with Crippen LogP contribution in [0.1, 0.15) is 12.7 Å². The lowest BCUT2D eigenvalue weighted by atomic mass is 10.5. The molecule has 0 aliphatic heterocycles. The molecule has 1 heterocycles. The fraction of sp³-hybridized carbons (Fsp3) is 0.600. The molecule has 0 aliphatic carbocycles. The van der Waals surface area contributed by atoms with Crippen molar-refractivity contribution in [3.8, 4) is 0 Å². The molecule has 0 aliphatic rings. The number of aliphatic hydroxyl groups is 1. The predicted molar refractivity (Wildman–Crippen MR) is 31.6 cm³/mol. The van der Waals surface area contributed by atoms with Crippen molar-refractivity contribution >= 4 is 0 Å². The molecule has 0 amide bonds. The van der Waals surface area contributed by atoms with Gasteiger partial charge in [0, 0.05) is 6.42 Å². The van der Waals surface area contributed by atoms with Crippen molar-refractivity contribution in [2.24, 2.45) is 0 Å². The van der Waals surface area contributed by atoms with Crippen LogP contribution in [0, 0.1) is 0 Å². The largest absolute Gasteiger partial charge is 0.374 e. The first-order valence-electron chi connectivity index (χ1n) is 2.86. The highest BCUT2D eigenvalue weighted by Gasteiger charge is 1.96. The van der Waals surface area contributed by atoms with Crippen molar-refractivity contribution in [3.05, 3.63) is 12.2 Å². The number of hydrogen-bond donors (Lipinski definition) is 1. The minimum absolute atomic E-state index is 0.0802. The fourth-order valence-electron chi connectivity index (χ4n) is 0.680. The summed E-state index contributed by atoms with van der Waals surface area (Å²) in [6.07, 6.45) is 2.25. The summed E-state index contributed by atoms with van der Waals surface area (Å²) in [5, 5.41) is 12.4. The van der Waals surface area contributed by atoms with E-state index in [0.29, 0.717) is 0 Å². The molecule has 4 heteroatoms. The fourth-order valence-corrected chi connectivity index (χ4v) is 0.680. The lowest BCUT2D eigenvalue weighted by Gasteiger charge is -1.95. The van der Waals surface area contributed by atoms with E-state index in [1.54, 1.807) is 0 Å². The molecule has 4 nitrogen and oxygen atoms in total. The number of rotatable bonds is 2. The van der Waals surface area contributed by atoms with Gasteiger partial charge in [0.2, 0.25) is 0 Å². The van der Waals surface area contributed by atoms with Gasteiger partial charge in [-0.15, -0.1) is 0 Å². The van der Waals surface area contributed by atoms with Crippen molar-refractivity contribution in [1.82, 2.24) is 14.8 Å².